The van der Waals surface area contributed by atoms with Gasteiger partial charge >= 0.3 is 5.97 Å². The zero-order chi connectivity index (χ0) is 26.4. The number of aliphatic carboxylic acids is 1. The van der Waals surface area contributed by atoms with Crippen LogP contribution in [-0.2, 0) is 30.4 Å². The van der Waals surface area contributed by atoms with Crippen LogP contribution in [0, 0.1) is 0 Å². The summed E-state index contributed by atoms with van der Waals surface area (Å²) in [6.07, 6.45) is 0.00244. The molecule has 0 saturated carbocycles. The molecule has 1 aromatic carbocycles. The van der Waals surface area contributed by atoms with Crippen LogP contribution in [-0.4, -0.2) is 71.9 Å². The van der Waals surface area contributed by atoms with Gasteiger partial charge in [0.15, 0.2) is 5.96 Å². The fraction of sp³-hybridized carbons (Fsp3) is 0.429. The average molecular weight is 493 g/mol. The Bertz CT molecular complexity index is 920. The molecule has 0 radical (unpaired) electrons. The maximum Gasteiger partial charge on any atom is 0.326 e. The van der Waals surface area contributed by atoms with E-state index in [-0.39, 0.29) is 31.8 Å². The molecule has 0 aliphatic carbocycles. The van der Waals surface area contributed by atoms with E-state index < -0.39 is 60.7 Å². The van der Waals surface area contributed by atoms with E-state index in [1.807, 2.05) is 6.07 Å². The van der Waals surface area contributed by atoms with Crippen LogP contribution in [0.3, 0.4) is 0 Å². The lowest BCUT2D eigenvalue weighted by Gasteiger charge is -2.20. The SMILES string of the molecule is NC(=O)CC(NC(=O)C(N)Cc1ccccc1)C(=O)NCC(=O)NC(CCCN=C(N)N)C(=O)O. The Morgan fingerprint density at radius 3 is 2.17 bits per heavy atom. The minimum atomic E-state index is -1.37. The first-order valence-corrected chi connectivity index (χ1v) is 10.7. The summed E-state index contributed by atoms with van der Waals surface area (Å²) in [6.45, 7) is -0.419. The molecule has 3 unspecified atom stereocenters. The smallest absolute Gasteiger partial charge is 0.326 e. The molecule has 1 rings (SSSR count). The van der Waals surface area contributed by atoms with E-state index in [9.17, 15) is 29.1 Å². The molecule has 0 bridgehead atoms. The Labute approximate surface area is 201 Å². The number of hydrogen-bond donors (Lipinski definition) is 8. The molecule has 14 nitrogen and oxygen atoms in total. The molecule has 0 aliphatic heterocycles. The summed E-state index contributed by atoms with van der Waals surface area (Å²) in [4.78, 5) is 63.5. The maximum absolute atomic E-state index is 12.5. The lowest BCUT2D eigenvalue weighted by molar-refractivity contribution is -0.142. The second-order valence-electron chi connectivity index (χ2n) is 7.65. The Balaban J connectivity index is 2.63. The van der Waals surface area contributed by atoms with Crippen molar-refractivity contribution in [1.29, 1.82) is 0 Å². The average Bonchev–Trinajstić information content (AvgIpc) is 2.78. The first-order valence-electron chi connectivity index (χ1n) is 10.7. The van der Waals surface area contributed by atoms with Gasteiger partial charge in [-0.05, 0) is 24.8 Å². The molecule has 35 heavy (non-hydrogen) atoms. The second kappa shape index (κ2) is 14.8. The molecule has 4 amide bonds. The molecule has 192 valence electrons. The molecular formula is C21H32N8O6. The predicted molar refractivity (Wildman–Crippen MR) is 126 cm³/mol. The van der Waals surface area contributed by atoms with E-state index >= 15 is 0 Å². The summed E-state index contributed by atoms with van der Waals surface area (Å²) in [5, 5.41) is 16.1. The zero-order valence-corrected chi connectivity index (χ0v) is 19.1. The number of benzene rings is 1. The molecule has 0 aliphatic rings. The Kier molecular flexibility index (Phi) is 12.2. The molecule has 0 heterocycles. The molecular weight excluding hydrogens is 460 g/mol. The van der Waals surface area contributed by atoms with E-state index in [1.54, 1.807) is 24.3 Å². The Morgan fingerprint density at radius 2 is 1.60 bits per heavy atom. The zero-order valence-electron chi connectivity index (χ0n) is 19.1. The third-order valence-corrected chi connectivity index (χ3v) is 4.68. The summed E-state index contributed by atoms with van der Waals surface area (Å²) in [5.41, 5.74) is 22.3. The number of carboxylic acid groups (broad SMARTS) is 1. The van der Waals surface area contributed by atoms with Crippen LogP contribution in [0.25, 0.3) is 0 Å². The highest BCUT2D eigenvalue weighted by Gasteiger charge is 2.26. The highest BCUT2D eigenvalue weighted by atomic mass is 16.4. The number of nitrogens with zero attached hydrogens (tertiary/aromatic N) is 1. The Morgan fingerprint density at radius 1 is 0.943 bits per heavy atom. The van der Waals surface area contributed by atoms with Crippen molar-refractivity contribution in [3.63, 3.8) is 0 Å². The summed E-state index contributed by atoms with van der Waals surface area (Å²) >= 11 is 0. The van der Waals surface area contributed by atoms with Crippen LogP contribution < -0.4 is 38.9 Å². The van der Waals surface area contributed by atoms with Gasteiger partial charge in [0, 0.05) is 6.54 Å². The van der Waals surface area contributed by atoms with Gasteiger partial charge in [0.25, 0.3) is 0 Å². The Hall–Kier alpha value is -4.20. The number of carboxylic acids is 1. The minimum absolute atomic E-state index is 0.0471. The van der Waals surface area contributed by atoms with Crippen LogP contribution in [0.5, 0.6) is 0 Å². The van der Waals surface area contributed by atoms with Gasteiger partial charge in [-0.3, -0.25) is 24.2 Å². The summed E-state index contributed by atoms with van der Waals surface area (Å²) < 4.78 is 0. The second-order valence-corrected chi connectivity index (χ2v) is 7.65. The maximum atomic E-state index is 12.5. The van der Waals surface area contributed by atoms with Crippen molar-refractivity contribution in [2.45, 2.75) is 43.8 Å². The van der Waals surface area contributed by atoms with Gasteiger partial charge in [0.2, 0.25) is 23.6 Å². The van der Waals surface area contributed by atoms with Crippen molar-refractivity contribution in [3.05, 3.63) is 35.9 Å². The summed E-state index contributed by atoms with van der Waals surface area (Å²) in [5.74, 6) is -4.62. The molecule has 0 spiro atoms. The fourth-order valence-corrected chi connectivity index (χ4v) is 2.95. The number of guanidine groups is 1. The van der Waals surface area contributed by atoms with E-state index in [2.05, 4.69) is 20.9 Å². The van der Waals surface area contributed by atoms with E-state index in [4.69, 9.17) is 22.9 Å². The highest BCUT2D eigenvalue weighted by molar-refractivity contribution is 5.95. The van der Waals surface area contributed by atoms with Crippen molar-refractivity contribution in [1.82, 2.24) is 16.0 Å². The van der Waals surface area contributed by atoms with E-state index in [0.717, 1.165) is 5.56 Å². The first-order chi connectivity index (χ1) is 16.5. The van der Waals surface area contributed by atoms with Crippen LogP contribution >= 0.6 is 0 Å². The third-order valence-electron chi connectivity index (χ3n) is 4.68. The molecule has 0 saturated heterocycles. The minimum Gasteiger partial charge on any atom is -0.480 e. The van der Waals surface area contributed by atoms with Crippen molar-refractivity contribution >= 4 is 35.6 Å². The standard InChI is InChI=1S/C21H32N8O6/c22-13(9-12-5-2-1-3-6-12)18(32)29-15(10-16(23)30)19(33)27-11-17(31)28-14(20(34)35)7-4-8-26-21(24)25/h1-3,5-6,13-15H,4,7-11,22H2,(H2,23,30)(H,27,33)(H,28,31)(H,29,32)(H,34,35)(H4,24,25,26). The number of carbonyl (C=O) groups is 5. The normalized spacial score (nSPS) is 12.9. The predicted octanol–water partition coefficient (Wildman–Crippen LogP) is -3.34. The number of carbonyl (C=O) groups excluding carboxylic acids is 4. The largest absolute Gasteiger partial charge is 0.480 e. The van der Waals surface area contributed by atoms with Gasteiger partial charge in [0.1, 0.15) is 12.1 Å². The van der Waals surface area contributed by atoms with Crippen LogP contribution in [0.4, 0.5) is 0 Å². The van der Waals surface area contributed by atoms with Crippen molar-refractivity contribution < 1.29 is 29.1 Å². The van der Waals surface area contributed by atoms with Crippen molar-refractivity contribution in [2.24, 2.45) is 27.9 Å². The summed E-state index contributed by atoms with van der Waals surface area (Å²) in [7, 11) is 0. The number of rotatable bonds is 15. The van der Waals surface area contributed by atoms with Crippen LogP contribution in [0.1, 0.15) is 24.8 Å². The monoisotopic (exact) mass is 492 g/mol. The molecule has 3 atom stereocenters. The van der Waals surface area contributed by atoms with Gasteiger partial charge < -0.3 is 44.0 Å². The van der Waals surface area contributed by atoms with Crippen LogP contribution in [0.15, 0.2) is 35.3 Å². The number of primary amides is 1. The molecule has 14 heteroatoms. The van der Waals surface area contributed by atoms with E-state index in [1.165, 1.54) is 0 Å². The first kappa shape index (κ1) is 28.8. The van der Waals surface area contributed by atoms with Gasteiger partial charge in [0.05, 0.1) is 19.0 Å². The molecule has 0 fully saturated rings. The van der Waals surface area contributed by atoms with Gasteiger partial charge in [-0.15, -0.1) is 0 Å². The fourth-order valence-electron chi connectivity index (χ4n) is 2.95. The van der Waals surface area contributed by atoms with Gasteiger partial charge in [-0.2, -0.15) is 0 Å². The molecule has 0 aromatic heterocycles. The number of amides is 4. The molecule has 12 N–H and O–H groups in total. The van der Waals surface area contributed by atoms with Crippen LogP contribution in [0.2, 0.25) is 0 Å². The number of hydrogen-bond acceptors (Lipinski definition) is 7. The van der Waals surface area contributed by atoms with Gasteiger partial charge in [-0.1, -0.05) is 30.3 Å². The van der Waals surface area contributed by atoms with Crippen molar-refractivity contribution in [3.8, 4) is 0 Å². The third kappa shape index (κ3) is 12.0. The van der Waals surface area contributed by atoms with E-state index in [0.29, 0.717) is 0 Å². The number of nitrogens with one attached hydrogen (secondary N) is 3. The summed E-state index contributed by atoms with van der Waals surface area (Å²) in [6, 6.07) is 5.34. The highest BCUT2D eigenvalue weighted by Crippen LogP contribution is 2.03. The number of aliphatic imine (C=N–C) groups is 1. The van der Waals surface area contributed by atoms with Gasteiger partial charge in [-0.25, -0.2) is 4.79 Å². The lowest BCUT2D eigenvalue weighted by Crippen LogP contribution is -2.54. The topological polar surface area (TPSA) is 258 Å². The number of nitrogens with two attached hydrogens (primary N) is 4. The lowest BCUT2D eigenvalue weighted by atomic mass is 10.1. The van der Waals surface area contributed by atoms with Crippen molar-refractivity contribution in [2.75, 3.05) is 13.1 Å². The quantitative estimate of drug-likeness (QED) is 0.0690. The molecule has 1 aromatic rings.